The lowest BCUT2D eigenvalue weighted by molar-refractivity contribution is 0.698. The molecule has 0 fully saturated rings. The van der Waals surface area contributed by atoms with Gasteiger partial charge < -0.3 is 0 Å². The highest BCUT2D eigenvalue weighted by Gasteiger charge is 2.12. The van der Waals surface area contributed by atoms with Crippen molar-refractivity contribution in [2.24, 2.45) is 5.92 Å². The van der Waals surface area contributed by atoms with Gasteiger partial charge in [-0.1, -0.05) is 13.0 Å². The summed E-state index contributed by atoms with van der Waals surface area (Å²) in [6.07, 6.45) is 5.19. The zero-order chi connectivity index (χ0) is 6.97. The topological polar surface area (TPSA) is 41.6 Å². The van der Waals surface area contributed by atoms with Crippen LogP contribution in [0.25, 0.3) is 6.08 Å². The third kappa shape index (κ3) is 0.744. The summed E-state index contributed by atoms with van der Waals surface area (Å²) in [7, 11) is 0. The van der Waals surface area contributed by atoms with E-state index in [-0.39, 0.29) is 0 Å². The zero-order valence-electron chi connectivity index (χ0n) is 5.83. The fourth-order valence-corrected chi connectivity index (χ4v) is 1.17. The van der Waals surface area contributed by atoms with Crippen molar-refractivity contribution < 1.29 is 0 Å². The van der Waals surface area contributed by atoms with Gasteiger partial charge in [0, 0.05) is 0 Å². The Kier molecular flexibility index (Phi) is 1.09. The maximum Gasteiger partial charge on any atom is 0.108 e. The molecule has 1 aliphatic rings. The second kappa shape index (κ2) is 1.94. The van der Waals surface area contributed by atoms with Gasteiger partial charge in [-0.2, -0.15) is 15.4 Å². The molecule has 0 amide bonds. The van der Waals surface area contributed by atoms with Gasteiger partial charge in [0.2, 0.25) is 0 Å². The molecule has 0 aromatic carbocycles. The molecule has 0 spiro atoms. The number of nitrogens with zero attached hydrogens (tertiary/aromatic N) is 2. The first-order valence-corrected chi connectivity index (χ1v) is 3.44. The maximum absolute atomic E-state index is 4.02. The van der Waals surface area contributed by atoms with E-state index in [4.69, 9.17) is 0 Å². The van der Waals surface area contributed by atoms with E-state index in [1.54, 1.807) is 0 Å². The summed E-state index contributed by atoms with van der Waals surface area (Å²) in [5, 5.41) is 10.6. The average molecular weight is 135 g/mol. The number of aromatic nitrogens is 3. The van der Waals surface area contributed by atoms with Crippen molar-refractivity contribution in [3.63, 3.8) is 0 Å². The number of nitrogens with one attached hydrogen (secondary N) is 1. The van der Waals surface area contributed by atoms with Gasteiger partial charge in [0.1, 0.15) is 5.69 Å². The number of rotatable bonds is 0. The maximum atomic E-state index is 4.02. The molecular formula is C7H9N3. The Hall–Kier alpha value is -1.12. The molecule has 0 saturated carbocycles. The van der Waals surface area contributed by atoms with Crippen molar-refractivity contribution in [3.05, 3.63) is 17.5 Å². The molecule has 1 unspecified atom stereocenters. The zero-order valence-corrected chi connectivity index (χ0v) is 5.83. The van der Waals surface area contributed by atoms with Crippen LogP contribution in [-0.4, -0.2) is 15.4 Å². The smallest absolute Gasteiger partial charge is 0.108 e. The summed E-state index contributed by atoms with van der Waals surface area (Å²) in [6, 6.07) is 0. The summed E-state index contributed by atoms with van der Waals surface area (Å²) < 4.78 is 0. The molecule has 3 heteroatoms. The summed E-state index contributed by atoms with van der Waals surface area (Å²) in [5.74, 6) is 0.609. The first-order chi connectivity index (χ1) is 4.86. The van der Waals surface area contributed by atoms with Crippen LogP contribution >= 0.6 is 0 Å². The van der Waals surface area contributed by atoms with Crippen molar-refractivity contribution in [1.82, 2.24) is 15.4 Å². The number of allylic oxidation sites excluding steroid dienone is 1. The number of hydrogen-bond acceptors (Lipinski definition) is 2. The Balaban J connectivity index is 2.43. The van der Waals surface area contributed by atoms with Crippen molar-refractivity contribution in [3.8, 4) is 0 Å². The predicted octanol–water partition coefficient (Wildman–Crippen LogP) is 1.01. The highest BCUT2D eigenvalue weighted by Crippen LogP contribution is 2.17. The fraction of sp³-hybridized carbons (Fsp3) is 0.429. The van der Waals surface area contributed by atoms with Gasteiger partial charge in [-0.25, -0.2) is 0 Å². The molecule has 10 heavy (non-hydrogen) atoms. The number of hydrogen-bond donors (Lipinski definition) is 1. The van der Waals surface area contributed by atoms with Crippen molar-refractivity contribution in [1.29, 1.82) is 0 Å². The first kappa shape index (κ1) is 5.65. The van der Waals surface area contributed by atoms with Crippen LogP contribution in [0.3, 0.4) is 0 Å². The molecule has 52 valence electrons. The van der Waals surface area contributed by atoms with E-state index < -0.39 is 0 Å². The van der Waals surface area contributed by atoms with Gasteiger partial charge >= 0.3 is 0 Å². The Labute approximate surface area is 59.1 Å². The van der Waals surface area contributed by atoms with Gasteiger partial charge in [-0.15, -0.1) is 0 Å². The third-order valence-corrected chi connectivity index (χ3v) is 1.75. The standard InChI is InChI=1S/C7H9N3/c1-5-2-3-6-7(4-5)9-10-8-6/h2-3,5H,4H2,1H3,(H,8,9,10). The Morgan fingerprint density at radius 1 is 1.60 bits per heavy atom. The molecular weight excluding hydrogens is 126 g/mol. The molecule has 1 N–H and O–H groups in total. The highest BCUT2D eigenvalue weighted by molar-refractivity contribution is 5.49. The minimum Gasteiger partial charge on any atom is -0.197 e. The molecule has 0 aliphatic heterocycles. The van der Waals surface area contributed by atoms with Crippen LogP contribution in [-0.2, 0) is 6.42 Å². The minimum absolute atomic E-state index is 0.609. The van der Waals surface area contributed by atoms with Gasteiger partial charge in [-0.3, -0.25) is 0 Å². The van der Waals surface area contributed by atoms with E-state index in [1.165, 1.54) is 0 Å². The molecule has 0 bridgehead atoms. The molecule has 0 saturated heterocycles. The quantitative estimate of drug-likeness (QED) is 0.576. The molecule has 1 aliphatic carbocycles. The van der Waals surface area contributed by atoms with E-state index in [9.17, 15) is 0 Å². The van der Waals surface area contributed by atoms with E-state index >= 15 is 0 Å². The minimum atomic E-state index is 0.609. The molecule has 1 aromatic rings. The summed E-state index contributed by atoms with van der Waals surface area (Å²) in [6.45, 7) is 2.17. The molecule has 2 rings (SSSR count). The lowest BCUT2D eigenvalue weighted by Crippen LogP contribution is -2.02. The normalized spacial score (nSPS) is 22.7. The Morgan fingerprint density at radius 2 is 2.50 bits per heavy atom. The van der Waals surface area contributed by atoms with Crippen molar-refractivity contribution in [2.45, 2.75) is 13.3 Å². The van der Waals surface area contributed by atoms with E-state index in [1.807, 2.05) is 6.08 Å². The van der Waals surface area contributed by atoms with E-state index in [0.717, 1.165) is 17.8 Å². The average Bonchev–Trinajstić information content (AvgIpc) is 2.33. The first-order valence-electron chi connectivity index (χ1n) is 3.44. The number of aromatic amines is 1. The molecule has 1 atom stereocenters. The summed E-state index contributed by atoms with van der Waals surface area (Å²) in [4.78, 5) is 0. The van der Waals surface area contributed by atoms with Crippen molar-refractivity contribution in [2.75, 3.05) is 0 Å². The van der Waals surface area contributed by atoms with Crippen LogP contribution in [0.5, 0.6) is 0 Å². The predicted molar refractivity (Wildman–Crippen MR) is 38.3 cm³/mol. The Morgan fingerprint density at radius 3 is 3.40 bits per heavy atom. The molecule has 3 nitrogen and oxygen atoms in total. The second-order valence-electron chi connectivity index (χ2n) is 2.70. The van der Waals surface area contributed by atoms with E-state index in [0.29, 0.717) is 5.92 Å². The van der Waals surface area contributed by atoms with Crippen LogP contribution in [0.15, 0.2) is 6.08 Å². The molecule has 1 aromatic heterocycles. The van der Waals surface area contributed by atoms with Crippen molar-refractivity contribution >= 4 is 6.08 Å². The van der Waals surface area contributed by atoms with E-state index in [2.05, 4.69) is 28.4 Å². The van der Waals surface area contributed by atoms with Gasteiger partial charge in [-0.05, 0) is 18.4 Å². The van der Waals surface area contributed by atoms with Crippen LogP contribution in [0.2, 0.25) is 0 Å². The molecule has 1 heterocycles. The number of fused-ring (bicyclic) bond motifs is 1. The van der Waals surface area contributed by atoms with Gasteiger partial charge in [0.05, 0.1) is 5.69 Å². The third-order valence-electron chi connectivity index (χ3n) is 1.75. The van der Waals surface area contributed by atoms with Gasteiger partial charge in [0.15, 0.2) is 0 Å². The summed E-state index contributed by atoms with van der Waals surface area (Å²) in [5.41, 5.74) is 2.09. The lowest BCUT2D eigenvalue weighted by atomic mass is 9.99. The summed E-state index contributed by atoms with van der Waals surface area (Å²) >= 11 is 0. The largest absolute Gasteiger partial charge is 0.197 e. The second-order valence-corrected chi connectivity index (χ2v) is 2.70. The van der Waals surface area contributed by atoms with Crippen LogP contribution < -0.4 is 0 Å². The van der Waals surface area contributed by atoms with Crippen LogP contribution in [0.4, 0.5) is 0 Å². The van der Waals surface area contributed by atoms with Gasteiger partial charge in [0.25, 0.3) is 0 Å². The fourth-order valence-electron chi connectivity index (χ4n) is 1.17. The lowest BCUT2D eigenvalue weighted by Gasteiger charge is -2.07. The highest BCUT2D eigenvalue weighted by atomic mass is 15.3. The van der Waals surface area contributed by atoms with Crippen LogP contribution in [0.1, 0.15) is 18.3 Å². The Bertz CT molecular complexity index is 262. The SMILES string of the molecule is CC1C=Cc2n[nH]nc2C1. The monoisotopic (exact) mass is 135 g/mol. The molecule has 0 radical (unpaired) electrons. The van der Waals surface area contributed by atoms with Crippen LogP contribution in [0, 0.1) is 5.92 Å². The number of H-pyrrole nitrogens is 1.